The summed E-state index contributed by atoms with van der Waals surface area (Å²) in [5.74, 6) is 0.129. The third-order valence-electron chi connectivity index (χ3n) is 3.76. The third-order valence-corrected chi connectivity index (χ3v) is 3.76. The van der Waals surface area contributed by atoms with Crippen molar-refractivity contribution in [1.29, 1.82) is 0 Å². The highest BCUT2D eigenvalue weighted by Crippen LogP contribution is 2.12. The molecule has 0 aliphatic rings. The van der Waals surface area contributed by atoms with Gasteiger partial charge in [0.15, 0.2) is 0 Å². The molecule has 0 fully saturated rings. The molecule has 0 atom stereocenters. The zero-order valence-electron chi connectivity index (χ0n) is 15.3. The van der Waals surface area contributed by atoms with Crippen LogP contribution in [-0.2, 0) is 22.6 Å². The quantitative estimate of drug-likeness (QED) is 0.439. The van der Waals surface area contributed by atoms with Gasteiger partial charge in [-0.05, 0) is 35.4 Å². The molecule has 142 valence electrons. The van der Waals surface area contributed by atoms with Crippen LogP contribution in [0.25, 0.3) is 0 Å². The number of hydrogen-bond donors (Lipinski definition) is 1. The van der Waals surface area contributed by atoms with Gasteiger partial charge in [0.2, 0.25) is 0 Å². The summed E-state index contributed by atoms with van der Waals surface area (Å²) in [7, 11) is 2.88. The fourth-order valence-electron chi connectivity index (χ4n) is 2.24. The minimum absolute atomic E-state index is 0.0734. The minimum Gasteiger partial charge on any atom is -0.497 e. The van der Waals surface area contributed by atoms with Gasteiger partial charge in [-0.2, -0.15) is 0 Å². The lowest BCUT2D eigenvalue weighted by molar-refractivity contribution is -0.132. The molecule has 0 heterocycles. The average Bonchev–Trinajstić information content (AvgIpc) is 2.70. The molecule has 0 unspecified atom stereocenters. The minimum atomic E-state index is -0.552. The summed E-state index contributed by atoms with van der Waals surface area (Å²) >= 11 is 0. The molecule has 2 aromatic rings. The van der Waals surface area contributed by atoms with Crippen LogP contribution in [0.1, 0.15) is 17.5 Å². The molecular weight excluding hydrogens is 349 g/mol. The highest BCUT2D eigenvalue weighted by Gasteiger charge is 2.13. The maximum Gasteiger partial charge on any atom is 0.352 e. The number of nitrogens with zero attached hydrogens (tertiary/aromatic N) is 2. The van der Waals surface area contributed by atoms with E-state index in [1.54, 1.807) is 19.2 Å². The molecule has 0 bridgehead atoms. The first-order valence-corrected chi connectivity index (χ1v) is 8.29. The molecule has 0 aliphatic heterocycles. The van der Waals surface area contributed by atoms with Gasteiger partial charge in [0.25, 0.3) is 0 Å². The van der Waals surface area contributed by atoms with E-state index >= 15 is 0 Å². The maximum absolute atomic E-state index is 12.9. The molecule has 7 heteroatoms. The fourth-order valence-corrected chi connectivity index (χ4v) is 2.24. The van der Waals surface area contributed by atoms with E-state index in [1.807, 2.05) is 24.3 Å². The summed E-state index contributed by atoms with van der Waals surface area (Å²) in [6, 6.07) is 13.3. The van der Waals surface area contributed by atoms with Crippen LogP contribution >= 0.6 is 0 Å². The predicted octanol–water partition coefficient (Wildman–Crippen LogP) is 2.90. The smallest absolute Gasteiger partial charge is 0.352 e. The molecule has 2 N–H and O–H groups in total. The van der Waals surface area contributed by atoms with Crippen LogP contribution in [0.4, 0.5) is 4.39 Å². The lowest BCUT2D eigenvalue weighted by Gasteiger charge is -2.06. The second-order valence-electron chi connectivity index (χ2n) is 5.71. The third kappa shape index (κ3) is 6.54. The summed E-state index contributed by atoms with van der Waals surface area (Å²) in [5, 5.41) is 0. The van der Waals surface area contributed by atoms with Crippen molar-refractivity contribution >= 4 is 17.5 Å². The van der Waals surface area contributed by atoms with E-state index in [1.165, 1.54) is 19.2 Å². The van der Waals surface area contributed by atoms with E-state index in [0.717, 1.165) is 16.9 Å². The van der Waals surface area contributed by atoms with E-state index < -0.39 is 5.97 Å². The molecule has 0 aromatic heterocycles. The number of esters is 1. The van der Waals surface area contributed by atoms with Gasteiger partial charge in [-0.1, -0.05) is 24.3 Å². The predicted molar refractivity (Wildman–Crippen MR) is 102 cm³/mol. The molecular formula is C20H22FN3O3. The molecule has 0 radical (unpaired) electrons. The van der Waals surface area contributed by atoms with Crippen molar-refractivity contribution in [2.75, 3.05) is 14.2 Å². The Morgan fingerprint density at radius 2 is 1.52 bits per heavy atom. The van der Waals surface area contributed by atoms with Crippen LogP contribution in [-0.4, -0.2) is 31.7 Å². The monoisotopic (exact) mass is 371 g/mol. The Balaban J connectivity index is 2.04. The van der Waals surface area contributed by atoms with Crippen LogP contribution in [0.5, 0.6) is 5.75 Å². The summed E-state index contributed by atoms with van der Waals surface area (Å²) < 4.78 is 22.8. The van der Waals surface area contributed by atoms with Gasteiger partial charge in [0.1, 0.15) is 23.1 Å². The van der Waals surface area contributed by atoms with E-state index in [-0.39, 0.29) is 23.8 Å². The Hall–Kier alpha value is -3.22. The molecule has 2 aromatic carbocycles. The van der Waals surface area contributed by atoms with Crippen LogP contribution in [0.2, 0.25) is 0 Å². The van der Waals surface area contributed by atoms with Crippen LogP contribution in [0, 0.1) is 5.82 Å². The van der Waals surface area contributed by atoms with Crippen LogP contribution in [0.15, 0.2) is 58.5 Å². The topological polar surface area (TPSA) is 86.3 Å². The number of benzene rings is 2. The van der Waals surface area contributed by atoms with Crippen molar-refractivity contribution in [2.24, 2.45) is 15.7 Å². The maximum atomic E-state index is 12.9. The summed E-state index contributed by atoms with van der Waals surface area (Å²) in [4.78, 5) is 20.5. The average molecular weight is 371 g/mol. The Morgan fingerprint density at radius 3 is 2.07 bits per heavy atom. The van der Waals surface area contributed by atoms with E-state index in [2.05, 4.69) is 9.98 Å². The van der Waals surface area contributed by atoms with Gasteiger partial charge in [-0.3, -0.25) is 9.98 Å². The summed E-state index contributed by atoms with van der Waals surface area (Å²) in [5.41, 5.74) is 7.84. The van der Waals surface area contributed by atoms with Crippen LogP contribution < -0.4 is 10.5 Å². The van der Waals surface area contributed by atoms with E-state index in [9.17, 15) is 9.18 Å². The number of halogens is 1. The summed E-state index contributed by atoms with van der Waals surface area (Å²) in [6.45, 7) is 0.596. The number of methoxy groups -OCH3 is 2. The van der Waals surface area contributed by atoms with Crippen molar-refractivity contribution in [3.63, 3.8) is 0 Å². The molecule has 6 nitrogen and oxygen atoms in total. The van der Waals surface area contributed by atoms with Crippen molar-refractivity contribution < 1.29 is 18.7 Å². The number of hydrogen-bond acceptors (Lipinski definition) is 5. The fraction of sp³-hybridized carbons (Fsp3) is 0.250. The molecule has 0 saturated carbocycles. The van der Waals surface area contributed by atoms with Gasteiger partial charge >= 0.3 is 5.97 Å². The Morgan fingerprint density at radius 1 is 0.963 bits per heavy atom. The Kier molecular flexibility index (Phi) is 7.49. The first-order chi connectivity index (χ1) is 13.0. The molecule has 0 saturated heterocycles. The number of aliphatic imine (C=N–C) groups is 2. The van der Waals surface area contributed by atoms with Crippen molar-refractivity contribution in [1.82, 2.24) is 0 Å². The number of amidine groups is 1. The van der Waals surface area contributed by atoms with Gasteiger partial charge in [0.05, 0.1) is 33.7 Å². The number of nitrogens with two attached hydrogens (primary N) is 1. The molecule has 0 spiro atoms. The van der Waals surface area contributed by atoms with Crippen molar-refractivity contribution in [2.45, 2.75) is 19.5 Å². The largest absolute Gasteiger partial charge is 0.497 e. The van der Waals surface area contributed by atoms with Gasteiger partial charge < -0.3 is 15.2 Å². The Bertz CT molecular complexity index is 815. The van der Waals surface area contributed by atoms with Gasteiger partial charge in [0, 0.05) is 0 Å². The molecule has 0 amide bonds. The number of carbonyl (C=O) groups is 1. The molecule has 2 rings (SSSR count). The first-order valence-electron chi connectivity index (χ1n) is 8.29. The second kappa shape index (κ2) is 10.1. The highest BCUT2D eigenvalue weighted by atomic mass is 19.1. The van der Waals surface area contributed by atoms with Gasteiger partial charge in [-0.15, -0.1) is 0 Å². The standard InChI is InChI=1S/C20H22FN3O3/c1-26-17-9-5-15(6-10-17)12-23-18(20(25)27-2)11-19(22)24-13-14-3-7-16(21)8-4-14/h3-10H,11-13H2,1-2H3,(H2,22,24). The van der Waals surface area contributed by atoms with Crippen LogP contribution in [0.3, 0.4) is 0 Å². The van der Waals surface area contributed by atoms with E-state index in [4.69, 9.17) is 15.2 Å². The number of rotatable bonds is 8. The van der Waals surface area contributed by atoms with Gasteiger partial charge in [-0.25, -0.2) is 9.18 Å². The SMILES string of the molecule is COC(=O)C(CC(N)=NCc1ccc(F)cc1)=NCc1ccc(OC)cc1. The number of ether oxygens (including phenoxy) is 2. The summed E-state index contributed by atoms with van der Waals surface area (Å²) in [6.07, 6.45) is 0.0734. The number of carbonyl (C=O) groups excluding carboxylic acids is 1. The zero-order chi connectivity index (χ0) is 19.6. The van der Waals surface area contributed by atoms with Crippen molar-refractivity contribution in [3.8, 4) is 5.75 Å². The lowest BCUT2D eigenvalue weighted by atomic mass is 10.2. The molecule has 0 aliphatic carbocycles. The molecule has 27 heavy (non-hydrogen) atoms. The second-order valence-corrected chi connectivity index (χ2v) is 5.71. The van der Waals surface area contributed by atoms with E-state index in [0.29, 0.717) is 13.1 Å². The lowest BCUT2D eigenvalue weighted by Crippen LogP contribution is -2.24. The highest BCUT2D eigenvalue weighted by molar-refractivity contribution is 6.39. The Labute approximate surface area is 157 Å². The zero-order valence-corrected chi connectivity index (χ0v) is 15.3. The first kappa shape index (κ1) is 20.1. The normalized spacial score (nSPS) is 12.0. The van der Waals surface area contributed by atoms with Crippen molar-refractivity contribution in [3.05, 3.63) is 65.5 Å².